The van der Waals surface area contributed by atoms with E-state index in [2.05, 4.69) is 28.1 Å². The molecule has 1 heterocycles. The summed E-state index contributed by atoms with van der Waals surface area (Å²) in [5.74, 6) is 0. The van der Waals surface area contributed by atoms with E-state index >= 15 is 0 Å². The molecule has 4 nitrogen and oxygen atoms in total. The maximum absolute atomic E-state index is 8.71. The van der Waals surface area contributed by atoms with Crippen LogP contribution in [0.1, 0.15) is 10.9 Å². The third-order valence-electron chi connectivity index (χ3n) is 2.13. The molecule has 0 aliphatic rings. The molecule has 0 aliphatic carbocycles. The lowest BCUT2D eigenvalue weighted by Gasteiger charge is -2.25. The predicted octanol–water partition coefficient (Wildman–Crippen LogP) is 1.86. The van der Waals surface area contributed by atoms with Crippen LogP contribution in [0.3, 0.4) is 0 Å². The van der Waals surface area contributed by atoms with Crippen molar-refractivity contribution in [3.63, 3.8) is 0 Å². The Morgan fingerprint density at radius 1 is 1.44 bits per heavy atom. The molecule has 0 aliphatic heterocycles. The lowest BCUT2D eigenvalue weighted by molar-refractivity contribution is 0.257. The van der Waals surface area contributed by atoms with Gasteiger partial charge in [-0.15, -0.1) is 11.3 Å². The molecule has 0 fully saturated rings. The van der Waals surface area contributed by atoms with Gasteiger partial charge in [0, 0.05) is 21.3 Å². The minimum absolute atomic E-state index is 0.0596. The molecule has 0 radical (unpaired) electrons. The number of hydrogen-bond acceptors (Lipinski definition) is 5. The fraction of sp³-hybridized carbons (Fsp3) is 0.400. The summed E-state index contributed by atoms with van der Waals surface area (Å²) in [5.41, 5.74) is 5.71. The number of rotatable bonds is 5. The third kappa shape index (κ3) is 3.29. The first-order valence-electron chi connectivity index (χ1n) is 4.64. The summed E-state index contributed by atoms with van der Waals surface area (Å²) >= 11 is 4.95. The number of nitriles is 2. The Morgan fingerprint density at radius 2 is 2.06 bits per heavy atom. The molecule has 1 aromatic heterocycles. The van der Waals surface area contributed by atoms with Crippen LogP contribution in [0.25, 0.3) is 0 Å². The quantitative estimate of drug-likeness (QED) is 0.842. The molecule has 2 N–H and O–H groups in total. The summed E-state index contributed by atoms with van der Waals surface area (Å²) in [4.78, 5) is 2.85. The molecule has 84 valence electrons. The molecule has 0 spiro atoms. The SMILES string of the molecule is N#CCN(CC#N)C(CN)c1cc(Br)cs1. The second-order valence-corrected chi connectivity index (χ2v) is 5.00. The molecule has 0 saturated heterocycles. The van der Waals surface area contributed by atoms with Crippen LogP contribution < -0.4 is 5.73 Å². The third-order valence-corrected chi connectivity index (χ3v) is 3.92. The van der Waals surface area contributed by atoms with Crippen LogP contribution in [0.4, 0.5) is 0 Å². The summed E-state index contributed by atoms with van der Waals surface area (Å²) < 4.78 is 1.000. The Kier molecular flexibility index (Phi) is 5.44. The monoisotopic (exact) mass is 298 g/mol. The smallest absolute Gasteiger partial charge is 0.0880 e. The van der Waals surface area contributed by atoms with Crippen molar-refractivity contribution in [3.8, 4) is 12.1 Å². The number of halogens is 1. The molecule has 16 heavy (non-hydrogen) atoms. The highest BCUT2D eigenvalue weighted by atomic mass is 79.9. The molecule has 0 saturated carbocycles. The topological polar surface area (TPSA) is 76.8 Å². The van der Waals surface area contributed by atoms with Gasteiger partial charge in [0.05, 0.1) is 31.3 Å². The van der Waals surface area contributed by atoms with Crippen LogP contribution in [0, 0.1) is 22.7 Å². The summed E-state index contributed by atoms with van der Waals surface area (Å²) in [5, 5.41) is 19.4. The molecule has 0 bridgehead atoms. The van der Waals surface area contributed by atoms with E-state index in [1.807, 2.05) is 11.4 Å². The predicted molar refractivity (Wildman–Crippen MR) is 66.6 cm³/mol. The van der Waals surface area contributed by atoms with Gasteiger partial charge >= 0.3 is 0 Å². The van der Waals surface area contributed by atoms with Crippen molar-refractivity contribution < 1.29 is 0 Å². The summed E-state index contributed by atoms with van der Waals surface area (Å²) in [6, 6.07) is 6.03. The van der Waals surface area contributed by atoms with Crippen LogP contribution in [0.2, 0.25) is 0 Å². The normalized spacial score (nSPS) is 12.1. The van der Waals surface area contributed by atoms with E-state index in [0.29, 0.717) is 6.54 Å². The van der Waals surface area contributed by atoms with Crippen LogP contribution in [-0.4, -0.2) is 24.5 Å². The first-order chi connectivity index (χ1) is 7.72. The number of nitrogens with zero attached hydrogens (tertiary/aromatic N) is 3. The minimum atomic E-state index is -0.0596. The number of hydrogen-bond donors (Lipinski definition) is 1. The fourth-order valence-electron chi connectivity index (χ4n) is 1.41. The molecule has 6 heteroatoms. The first kappa shape index (κ1) is 13.1. The van der Waals surface area contributed by atoms with Crippen LogP contribution in [0.15, 0.2) is 15.9 Å². The standard InChI is InChI=1S/C10H11BrN4S/c11-8-5-10(16-7-8)9(6-14)15(3-1-12)4-2-13/h5,7,9H,3-4,6,14H2. The molecule has 0 aromatic carbocycles. The van der Waals surface area contributed by atoms with Crippen molar-refractivity contribution in [1.82, 2.24) is 4.90 Å². The van der Waals surface area contributed by atoms with Crippen molar-refractivity contribution in [2.45, 2.75) is 6.04 Å². The van der Waals surface area contributed by atoms with Gasteiger partial charge in [0.2, 0.25) is 0 Å². The van der Waals surface area contributed by atoms with Crippen molar-refractivity contribution >= 4 is 27.3 Å². The Morgan fingerprint density at radius 3 is 2.44 bits per heavy atom. The highest BCUT2D eigenvalue weighted by Gasteiger charge is 2.20. The molecular weight excluding hydrogens is 288 g/mol. The fourth-order valence-corrected chi connectivity index (χ4v) is 3.00. The van der Waals surface area contributed by atoms with E-state index < -0.39 is 0 Å². The van der Waals surface area contributed by atoms with E-state index in [-0.39, 0.29) is 19.1 Å². The molecule has 0 amide bonds. The van der Waals surface area contributed by atoms with Crippen molar-refractivity contribution in [2.75, 3.05) is 19.6 Å². The largest absolute Gasteiger partial charge is 0.329 e. The zero-order valence-corrected chi connectivity index (χ0v) is 11.0. The Labute approximate surface area is 107 Å². The summed E-state index contributed by atoms with van der Waals surface area (Å²) in [6.45, 7) is 0.826. The summed E-state index contributed by atoms with van der Waals surface area (Å²) in [6.07, 6.45) is 0. The first-order valence-corrected chi connectivity index (χ1v) is 6.32. The maximum atomic E-state index is 8.71. The van der Waals surface area contributed by atoms with E-state index in [0.717, 1.165) is 9.35 Å². The summed E-state index contributed by atoms with van der Waals surface area (Å²) in [7, 11) is 0. The van der Waals surface area contributed by atoms with Crippen molar-refractivity contribution in [2.24, 2.45) is 5.73 Å². The average Bonchev–Trinajstić information content (AvgIpc) is 2.67. The zero-order chi connectivity index (χ0) is 12.0. The molecule has 1 rings (SSSR count). The molecular formula is C10H11BrN4S. The Bertz CT molecular complexity index is 401. The van der Waals surface area contributed by atoms with Crippen molar-refractivity contribution in [3.05, 3.63) is 20.8 Å². The maximum Gasteiger partial charge on any atom is 0.0880 e. The van der Waals surface area contributed by atoms with Gasteiger partial charge in [0.25, 0.3) is 0 Å². The number of thiophene rings is 1. The van der Waals surface area contributed by atoms with Crippen LogP contribution in [-0.2, 0) is 0 Å². The van der Waals surface area contributed by atoms with Gasteiger partial charge < -0.3 is 5.73 Å². The van der Waals surface area contributed by atoms with E-state index in [9.17, 15) is 0 Å². The van der Waals surface area contributed by atoms with Gasteiger partial charge in [-0.05, 0) is 22.0 Å². The molecule has 1 atom stereocenters. The van der Waals surface area contributed by atoms with Gasteiger partial charge in [-0.2, -0.15) is 10.5 Å². The van der Waals surface area contributed by atoms with Crippen LogP contribution >= 0.6 is 27.3 Å². The minimum Gasteiger partial charge on any atom is -0.329 e. The van der Waals surface area contributed by atoms with Gasteiger partial charge in [-0.3, -0.25) is 4.90 Å². The van der Waals surface area contributed by atoms with E-state index in [1.54, 1.807) is 16.2 Å². The second-order valence-electron chi connectivity index (χ2n) is 3.14. The van der Waals surface area contributed by atoms with Gasteiger partial charge in [-0.25, -0.2) is 0 Å². The highest BCUT2D eigenvalue weighted by Crippen LogP contribution is 2.28. The zero-order valence-electron chi connectivity index (χ0n) is 8.56. The Hall–Kier alpha value is -0.920. The number of nitrogens with two attached hydrogens (primary N) is 1. The van der Waals surface area contributed by atoms with Crippen LogP contribution in [0.5, 0.6) is 0 Å². The second kappa shape index (κ2) is 6.62. The lowest BCUT2D eigenvalue weighted by atomic mass is 10.2. The van der Waals surface area contributed by atoms with Gasteiger partial charge in [-0.1, -0.05) is 0 Å². The highest BCUT2D eigenvalue weighted by molar-refractivity contribution is 9.10. The van der Waals surface area contributed by atoms with E-state index in [4.69, 9.17) is 16.3 Å². The molecule has 1 aromatic rings. The van der Waals surface area contributed by atoms with Gasteiger partial charge in [0.15, 0.2) is 0 Å². The average molecular weight is 299 g/mol. The van der Waals surface area contributed by atoms with E-state index in [1.165, 1.54) is 0 Å². The Balaban J connectivity index is 2.87. The molecule has 1 unspecified atom stereocenters. The van der Waals surface area contributed by atoms with Crippen molar-refractivity contribution in [1.29, 1.82) is 10.5 Å². The lowest BCUT2D eigenvalue weighted by Crippen LogP contribution is -2.34. The van der Waals surface area contributed by atoms with Gasteiger partial charge in [0.1, 0.15) is 0 Å².